The van der Waals surface area contributed by atoms with E-state index in [9.17, 15) is 0 Å². The van der Waals surface area contributed by atoms with Gasteiger partial charge in [-0.3, -0.25) is 0 Å². The standard InChI is InChI=1S/C16H20BrNO2S/c1-10(18-11(2)15-7-8-16(17)21-15)12-5-6-13(19-3)14(9-12)20-4/h5-11,18H,1-4H3. The van der Waals surface area contributed by atoms with Gasteiger partial charge in [0.2, 0.25) is 0 Å². The first-order valence-corrected chi connectivity index (χ1v) is 8.39. The maximum atomic E-state index is 5.36. The average molecular weight is 370 g/mol. The van der Waals surface area contributed by atoms with Crippen LogP contribution < -0.4 is 14.8 Å². The van der Waals surface area contributed by atoms with Crippen molar-refractivity contribution in [2.24, 2.45) is 0 Å². The van der Waals surface area contributed by atoms with Crippen molar-refractivity contribution in [2.75, 3.05) is 14.2 Å². The summed E-state index contributed by atoms with van der Waals surface area (Å²) in [5.41, 5.74) is 1.18. The van der Waals surface area contributed by atoms with Gasteiger partial charge < -0.3 is 14.8 Å². The predicted octanol–water partition coefficient (Wildman–Crippen LogP) is 4.94. The summed E-state index contributed by atoms with van der Waals surface area (Å²) < 4.78 is 11.8. The molecule has 0 saturated heterocycles. The lowest BCUT2D eigenvalue weighted by Gasteiger charge is -2.20. The Morgan fingerprint density at radius 3 is 2.29 bits per heavy atom. The van der Waals surface area contributed by atoms with Gasteiger partial charge in [-0.2, -0.15) is 0 Å². The summed E-state index contributed by atoms with van der Waals surface area (Å²) in [6, 6.07) is 10.8. The molecule has 2 aromatic rings. The van der Waals surface area contributed by atoms with Crippen molar-refractivity contribution in [1.29, 1.82) is 0 Å². The summed E-state index contributed by atoms with van der Waals surface area (Å²) in [7, 11) is 3.31. The van der Waals surface area contributed by atoms with Crippen LogP contribution in [0.2, 0.25) is 0 Å². The van der Waals surface area contributed by atoms with Gasteiger partial charge in [0.25, 0.3) is 0 Å². The second kappa shape index (κ2) is 7.29. The van der Waals surface area contributed by atoms with Crippen LogP contribution in [0.25, 0.3) is 0 Å². The zero-order valence-electron chi connectivity index (χ0n) is 12.6. The molecule has 0 fully saturated rings. The number of benzene rings is 1. The maximum absolute atomic E-state index is 5.36. The van der Waals surface area contributed by atoms with Gasteiger partial charge in [0.1, 0.15) is 0 Å². The first-order chi connectivity index (χ1) is 10.0. The fraction of sp³-hybridized carbons (Fsp3) is 0.375. The third-order valence-corrected chi connectivity index (χ3v) is 5.23. The highest BCUT2D eigenvalue weighted by molar-refractivity contribution is 9.11. The minimum Gasteiger partial charge on any atom is -0.493 e. The van der Waals surface area contributed by atoms with E-state index in [-0.39, 0.29) is 6.04 Å². The number of halogens is 1. The molecule has 2 unspecified atom stereocenters. The van der Waals surface area contributed by atoms with Crippen LogP contribution in [0.1, 0.15) is 36.4 Å². The van der Waals surface area contributed by atoms with E-state index in [4.69, 9.17) is 9.47 Å². The lowest BCUT2D eigenvalue weighted by molar-refractivity contribution is 0.353. The lowest BCUT2D eigenvalue weighted by atomic mass is 10.1. The Bertz CT molecular complexity index is 600. The van der Waals surface area contributed by atoms with Gasteiger partial charge in [0.05, 0.1) is 18.0 Å². The van der Waals surface area contributed by atoms with Gasteiger partial charge in [0.15, 0.2) is 11.5 Å². The van der Waals surface area contributed by atoms with Crippen molar-refractivity contribution in [3.05, 3.63) is 44.6 Å². The van der Waals surface area contributed by atoms with E-state index < -0.39 is 0 Å². The largest absolute Gasteiger partial charge is 0.493 e. The molecule has 0 aliphatic carbocycles. The number of rotatable bonds is 6. The molecule has 0 aliphatic heterocycles. The van der Waals surface area contributed by atoms with Crippen LogP contribution in [0.15, 0.2) is 34.1 Å². The fourth-order valence-corrected chi connectivity index (χ4v) is 3.67. The van der Waals surface area contributed by atoms with Crippen LogP contribution in [0.3, 0.4) is 0 Å². The molecule has 0 amide bonds. The SMILES string of the molecule is COc1ccc(C(C)NC(C)c2ccc(Br)s2)cc1OC. The quantitative estimate of drug-likeness (QED) is 0.781. The van der Waals surface area contributed by atoms with E-state index in [0.717, 1.165) is 15.3 Å². The molecule has 0 spiro atoms. The Labute approximate surface area is 138 Å². The number of hydrogen-bond acceptors (Lipinski definition) is 4. The van der Waals surface area contributed by atoms with Gasteiger partial charge in [-0.1, -0.05) is 6.07 Å². The smallest absolute Gasteiger partial charge is 0.161 e. The molecule has 3 nitrogen and oxygen atoms in total. The van der Waals surface area contributed by atoms with Crippen molar-refractivity contribution < 1.29 is 9.47 Å². The third kappa shape index (κ3) is 3.99. The zero-order valence-corrected chi connectivity index (χ0v) is 15.0. The van der Waals surface area contributed by atoms with E-state index in [1.807, 2.05) is 12.1 Å². The Morgan fingerprint density at radius 1 is 1.00 bits per heavy atom. The molecule has 114 valence electrons. The summed E-state index contributed by atoms with van der Waals surface area (Å²) in [5, 5.41) is 3.61. The molecule has 2 atom stereocenters. The molecule has 21 heavy (non-hydrogen) atoms. The van der Waals surface area contributed by atoms with Gasteiger partial charge in [-0.05, 0) is 59.6 Å². The second-order valence-corrected chi connectivity index (χ2v) is 7.36. The second-order valence-electron chi connectivity index (χ2n) is 4.87. The van der Waals surface area contributed by atoms with Gasteiger partial charge >= 0.3 is 0 Å². The molecule has 5 heteroatoms. The van der Waals surface area contributed by atoms with E-state index >= 15 is 0 Å². The predicted molar refractivity (Wildman–Crippen MR) is 91.5 cm³/mol. The number of ether oxygens (including phenoxy) is 2. The maximum Gasteiger partial charge on any atom is 0.161 e. The Balaban J connectivity index is 2.11. The average Bonchev–Trinajstić information content (AvgIpc) is 2.93. The molecule has 0 aliphatic rings. The summed E-state index contributed by atoms with van der Waals surface area (Å²) >= 11 is 5.26. The van der Waals surface area contributed by atoms with Crippen molar-refractivity contribution >= 4 is 27.3 Å². The monoisotopic (exact) mass is 369 g/mol. The molecular weight excluding hydrogens is 350 g/mol. The number of hydrogen-bond donors (Lipinski definition) is 1. The number of methoxy groups -OCH3 is 2. The van der Waals surface area contributed by atoms with Crippen LogP contribution in [-0.4, -0.2) is 14.2 Å². The minimum absolute atomic E-state index is 0.223. The first-order valence-electron chi connectivity index (χ1n) is 6.78. The van der Waals surface area contributed by atoms with Crippen molar-refractivity contribution in [2.45, 2.75) is 25.9 Å². The minimum atomic E-state index is 0.223. The normalized spacial score (nSPS) is 13.8. The lowest BCUT2D eigenvalue weighted by Crippen LogP contribution is -2.21. The molecule has 0 radical (unpaired) electrons. The topological polar surface area (TPSA) is 30.5 Å². The van der Waals surface area contributed by atoms with Crippen molar-refractivity contribution in [3.8, 4) is 11.5 Å². The summed E-state index contributed by atoms with van der Waals surface area (Å²) in [5.74, 6) is 1.51. The molecule has 1 N–H and O–H groups in total. The van der Waals surface area contributed by atoms with E-state index in [1.165, 1.54) is 10.4 Å². The van der Waals surface area contributed by atoms with E-state index in [0.29, 0.717) is 6.04 Å². The molecule has 1 aromatic heterocycles. The Morgan fingerprint density at radius 2 is 1.71 bits per heavy atom. The molecule has 1 heterocycles. The van der Waals surface area contributed by atoms with Crippen LogP contribution in [-0.2, 0) is 0 Å². The van der Waals surface area contributed by atoms with Crippen LogP contribution in [0.5, 0.6) is 11.5 Å². The summed E-state index contributed by atoms with van der Waals surface area (Å²) in [6.07, 6.45) is 0. The number of thiophene rings is 1. The molecule has 0 bridgehead atoms. The first kappa shape index (κ1) is 16.3. The zero-order chi connectivity index (χ0) is 15.4. The van der Waals surface area contributed by atoms with Crippen molar-refractivity contribution in [1.82, 2.24) is 5.32 Å². The van der Waals surface area contributed by atoms with Gasteiger partial charge in [-0.15, -0.1) is 11.3 Å². The third-order valence-electron chi connectivity index (χ3n) is 3.43. The number of nitrogens with one attached hydrogen (secondary N) is 1. The van der Waals surface area contributed by atoms with Crippen molar-refractivity contribution in [3.63, 3.8) is 0 Å². The summed E-state index contributed by atoms with van der Waals surface area (Å²) in [4.78, 5) is 1.31. The Hall–Kier alpha value is -1.04. The highest BCUT2D eigenvalue weighted by atomic mass is 79.9. The summed E-state index contributed by atoms with van der Waals surface area (Å²) in [6.45, 7) is 4.33. The van der Waals surface area contributed by atoms with Crippen LogP contribution >= 0.6 is 27.3 Å². The van der Waals surface area contributed by atoms with Crippen LogP contribution in [0.4, 0.5) is 0 Å². The highest BCUT2D eigenvalue weighted by Crippen LogP contribution is 2.32. The van der Waals surface area contributed by atoms with Gasteiger partial charge in [-0.25, -0.2) is 0 Å². The molecular formula is C16H20BrNO2S. The molecule has 0 saturated carbocycles. The Kier molecular flexibility index (Phi) is 5.67. The fourth-order valence-electron chi connectivity index (χ4n) is 2.24. The van der Waals surface area contributed by atoms with E-state index in [2.05, 4.69) is 53.3 Å². The van der Waals surface area contributed by atoms with Gasteiger partial charge in [0, 0.05) is 17.0 Å². The molecule has 1 aromatic carbocycles. The van der Waals surface area contributed by atoms with Crippen LogP contribution in [0, 0.1) is 0 Å². The molecule has 2 rings (SSSR count). The highest BCUT2D eigenvalue weighted by Gasteiger charge is 2.14. The van der Waals surface area contributed by atoms with E-state index in [1.54, 1.807) is 25.6 Å².